The monoisotopic (exact) mass is 421 g/mol. The number of anilines is 1. The second-order valence-electron chi connectivity index (χ2n) is 7.52. The first kappa shape index (κ1) is 19.0. The lowest BCUT2D eigenvalue weighted by molar-refractivity contribution is -0.128. The van der Waals surface area contributed by atoms with Crippen LogP contribution in [0.3, 0.4) is 0 Å². The Hall–Kier alpha value is -2.97. The van der Waals surface area contributed by atoms with E-state index in [-0.39, 0.29) is 5.91 Å². The summed E-state index contributed by atoms with van der Waals surface area (Å²) in [5.74, 6) is 1.72. The van der Waals surface area contributed by atoms with Gasteiger partial charge in [-0.15, -0.1) is 11.3 Å². The van der Waals surface area contributed by atoms with Gasteiger partial charge in [0.25, 0.3) is 0 Å². The van der Waals surface area contributed by atoms with E-state index >= 15 is 0 Å². The van der Waals surface area contributed by atoms with Gasteiger partial charge in [-0.05, 0) is 18.2 Å². The summed E-state index contributed by atoms with van der Waals surface area (Å²) >= 11 is 1.66. The van der Waals surface area contributed by atoms with Gasteiger partial charge in [0.15, 0.2) is 11.6 Å². The Kier molecular flexibility index (Phi) is 4.88. The summed E-state index contributed by atoms with van der Waals surface area (Å²) in [5, 5.41) is 1.11. The summed E-state index contributed by atoms with van der Waals surface area (Å²) in [6.45, 7) is 5.16. The highest BCUT2D eigenvalue weighted by Crippen LogP contribution is 2.36. The van der Waals surface area contributed by atoms with Crippen LogP contribution in [0.25, 0.3) is 32.5 Å². The molecule has 4 aromatic rings. The Morgan fingerprint density at radius 3 is 2.90 bits per heavy atom. The number of carbonyl (C=O) groups is 1. The van der Waals surface area contributed by atoms with Crippen molar-refractivity contribution in [2.45, 2.75) is 13.5 Å². The molecule has 1 fully saturated rings. The molecule has 0 spiro atoms. The van der Waals surface area contributed by atoms with Crippen LogP contribution < -0.4 is 4.90 Å². The van der Waals surface area contributed by atoms with Crippen molar-refractivity contribution < 1.29 is 9.53 Å². The van der Waals surface area contributed by atoms with Gasteiger partial charge in [0.05, 0.1) is 30.0 Å². The van der Waals surface area contributed by atoms with Gasteiger partial charge >= 0.3 is 0 Å². The number of carbonyl (C=O) groups excluding carboxylic acids is 1. The highest BCUT2D eigenvalue weighted by atomic mass is 32.1. The lowest BCUT2D eigenvalue weighted by Crippen LogP contribution is -2.36. The van der Waals surface area contributed by atoms with Gasteiger partial charge in [-0.3, -0.25) is 4.79 Å². The van der Waals surface area contributed by atoms with Crippen molar-refractivity contribution in [3.05, 3.63) is 41.4 Å². The largest absolute Gasteiger partial charge is 0.378 e. The number of thiophene rings is 1. The molecule has 0 radical (unpaired) electrons. The third kappa shape index (κ3) is 3.42. The van der Waals surface area contributed by atoms with Crippen molar-refractivity contribution in [1.82, 2.24) is 19.9 Å². The summed E-state index contributed by atoms with van der Waals surface area (Å²) in [7, 11) is 1.82. The normalized spacial score (nSPS) is 14.5. The molecule has 1 N–H and O–H groups in total. The molecule has 8 heteroatoms. The number of aromatic nitrogens is 3. The van der Waals surface area contributed by atoms with Crippen molar-refractivity contribution in [1.29, 1.82) is 0 Å². The van der Waals surface area contributed by atoms with E-state index in [1.807, 2.05) is 19.3 Å². The topological polar surface area (TPSA) is 74.4 Å². The van der Waals surface area contributed by atoms with Crippen LogP contribution in [0.2, 0.25) is 0 Å². The third-order valence-corrected chi connectivity index (χ3v) is 6.59. The molecule has 1 saturated heterocycles. The summed E-state index contributed by atoms with van der Waals surface area (Å²) in [6, 6.07) is 10.3. The number of nitrogens with zero attached hydrogens (tertiary/aromatic N) is 4. The summed E-state index contributed by atoms with van der Waals surface area (Å²) in [5.41, 5.74) is 3.00. The number of hydrogen-bond donors (Lipinski definition) is 1. The van der Waals surface area contributed by atoms with E-state index in [0.717, 1.165) is 56.3 Å². The summed E-state index contributed by atoms with van der Waals surface area (Å²) in [4.78, 5) is 30.0. The number of ether oxygens (including phenoxy) is 1. The molecule has 4 heterocycles. The lowest BCUT2D eigenvalue weighted by Gasteiger charge is -2.28. The van der Waals surface area contributed by atoms with Crippen molar-refractivity contribution in [3.63, 3.8) is 0 Å². The van der Waals surface area contributed by atoms with Crippen LogP contribution in [-0.4, -0.2) is 59.1 Å². The first-order valence-electron chi connectivity index (χ1n) is 10.0. The predicted molar refractivity (Wildman–Crippen MR) is 120 cm³/mol. The Balaban J connectivity index is 1.66. The number of aromatic amines is 1. The van der Waals surface area contributed by atoms with Crippen molar-refractivity contribution >= 4 is 44.2 Å². The predicted octanol–water partition coefficient (Wildman–Crippen LogP) is 3.65. The number of benzene rings is 1. The maximum absolute atomic E-state index is 11.7. The van der Waals surface area contributed by atoms with E-state index in [9.17, 15) is 4.79 Å². The van der Waals surface area contributed by atoms with E-state index in [0.29, 0.717) is 19.8 Å². The molecule has 0 aliphatic carbocycles. The van der Waals surface area contributed by atoms with Crippen molar-refractivity contribution in [2.75, 3.05) is 38.3 Å². The van der Waals surface area contributed by atoms with Gasteiger partial charge in [0.2, 0.25) is 5.91 Å². The summed E-state index contributed by atoms with van der Waals surface area (Å²) < 4.78 is 6.61. The van der Waals surface area contributed by atoms with Crippen LogP contribution >= 0.6 is 11.3 Å². The number of rotatable bonds is 4. The van der Waals surface area contributed by atoms with Gasteiger partial charge in [-0.25, -0.2) is 9.97 Å². The molecule has 1 aliphatic heterocycles. The SMILES string of the molecule is CC(=O)N(C)Cc1cc2nc(-c3cccc4[nH]ccc34)nc(N3CCOCC3)c2s1. The smallest absolute Gasteiger partial charge is 0.219 e. The van der Waals surface area contributed by atoms with Gasteiger partial charge < -0.3 is 19.5 Å². The second kappa shape index (κ2) is 7.70. The van der Waals surface area contributed by atoms with Crippen molar-refractivity contribution in [3.8, 4) is 11.4 Å². The number of morpholine rings is 1. The molecule has 5 rings (SSSR count). The summed E-state index contributed by atoms with van der Waals surface area (Å²) in [6.07, 6.45) is 1.94. The Morgan fingerprint density at radius 1 is 1.27 bits per heavy atom. The zero-order chi connectivity index (χ0) is 20.7. The van der Waals surface area contributed by atoms with Crippen LogP contribution in [0.5, 0.6) is 0 Å². The van der Waals surface area contributed by atoms with Gasteiger partial charge in [0.1, 0.15) is 0 Å². The number of amides is 1. The molecule has 0 unspecified atom stereocenters. The fraction of sp³-hybridized carbons (Fsp3) is 0.318. The lowest BCUT2D eigenvalue weighted by atomic mass is 10.1. The molecule has 30 heavy (non-hydrogen) atoms. The van der Waals surface area contributed by atoms with Crippen LogP contribution in [0.4, 0.5) is 5.82 Å². The molecule has 1 amide bonds. The van der Waals surface area contributed by atoms with Crippen LogP contribution in [-0.2, 0) is 16.1 Å². The Bertz CT molecular complexity index is 1220. The van der Waals surface area contributed by atoms with Gasteiger partial charge in [0, 0.05) is 54.6 Å². The zero-order valence-corrected chi connectivity index (χ0v) is 17.8. The van der Waals surface area contributed by atoms with E-state index < -0.39 is 0 Å². The number of fused-ring (bicyclic) bond motifs is 2. The molecule has 7 nitrogen and oxygen atoms in total. The molecule has 1 aliphatic rings. The number of nitrogens with one attached hydrogen (secondary N) is 1. The highest BCUT2D eigenvalue weighted by molar-refractivity contribution is 7.19. The Morgan fingerprint density at radius 2 is 2.10 bits per heavy atom. The van der Waals surface area contributed by atoms with Crippen LogP contribution in [0.15, 0.2) is 36.5 Å². The maximum atomic E-state index is 11.7. The van der Waals surface area contributed by atoms with Crippen molar-refractivity contribution in [2.24, 2.45) is 0 Å². The fourth-order valence-corrected chi connectivity index (χ4v) is 4.94. The van der Waals surface area contributed by atoms with E-state index in [2.05, 4.69) is 34.1 Å². The average molecular weight is 422 g/mol. The molecule has 3 aromatic heterocycles. The van der Waals surface area contributed by atoms with E-state index in [1.165, 1.54) is 0 Å². The molecular formula is C22H23N5O2S. The van der Waals surface area contributed by atoms with Gasteiger partial charge in [-0.2, -0.15) is 0 Å². The number of H-pyrrole nitrogens is 1. The Labute approximate surface area is 178 Å². The quantitative estimate of drug-likeness (QED) is 0.544. The third-order valence-electron chi connectivity index (χ3n) is 5.48. The number of hydrogen-bond acceptors (Lipinski definition) is 6. The van der Waals surface area contributed by atoms with E-state index in [1.54, 1.807) is 23.2 Å². The second-order valence-corrected chi connectivity index (χ2v) is 8.65. The first-order chi connectivity index (χ1) is 14.6. The molecule has 0 atom stereocenters. The molecule has 0 bridgehead atoms. The fourth-order valence-electron chi connectivity index (χ4n) is 3.78. The maximum Gasteiger partial charge on any atom is 0.219 e. The molecule has 154 valence electrons. The molecular weight excluding hydrogens is 398 g/mol. The average Bonchev–Trinajstić information content (AvgIpc) is 3.39. The standard InChI is InChI=1S/C22H23N5O2S/c1-14(28)26(2)13-15-12-19-20(30-15)22(27-8-10-29-11-9-27)25-21(24-19)17-4-3-5-18-16(17)6-7-23-18/h3-7,12,23H,8-11,13H2,1-2H3. The zero-order valence-electron chi connectivity index (χ0n) is 17.0. The molecule has 1 aromatic carbocycles. The minimum Gasteiger partial charge on any atom is -0.378 e. The highest BCUT2D eigenvalue weighted by Gasteiger charge is 2.21. The van der Waals surface area contributed by atoms with Gasteiger partial charge in [-0.1, -0.05) is 12.1 Å². The van der Waals surface area contributed by atoms with Crippen LogP contribution in [0, 0.1) is 0 Å². The molecule has 0 saturated carbocycles. The minimum atomic E-state index is 0.0479. The van der Waals surface area contributed by atoms with Crippen LogP contribution in [0.1, 0.15) is 11.8 Å². The minimum absolute atomic E-state index is 0.0479. The van der Waals surface area contributed by atoms with E-state index in [4.69, 9.17) is 14.7 Å². The first-order valence-corrected chi connectivity index (χ1v) is 10.8.